The number of thioether (sulfide) groups is 1. The van der Waals surface area contributed by atoms with Crippen LogP contribution in [0.2, 0.25) is 21.6 Å². The van der Waals surface area contributed by atoms with Gasteiger partial charge in [-0.15, -0.1) is 11.8 Å². The van der Waals surface area contributed by atoms with Gasteiger partial charge in [-0.2, -0.15) is 0 Å². The lowest BCUT2D eigenvalue weighted by Crippen LogP contribution is -2.50. The van der Waals surface area contributed by atoms with Crippen molar-refractivity contribution in [2.75, 3.05) is 0 Å². The van der Waals surface area contributed by atoms with E-state index >= 15 is 0 Å². The summed E-state index contributed by atoms with van der Waals surface area (Å²) in [6.07, 6.45) is -0.207. The lowest BCUT2D eigenvalue weighted by Gasteiger charge is -2.42. The van der Waals surface area contributed by atoms with Crippen LogP contribution in [0.15, 0.2) is 102 Å². The molecule has 0 amide bonds. The van der Waals surface area contributed by atoms with E-state index in [0.717, 1.165) is 27.5 Å². The molecule has 2 atom stereocenters. The third kappa shape index (κ3) is 6.39. The van der Waals surface area contributed by atoms with E-state index in [4.69, 9.17) is 25.5 Å². The molecule has 4 aromatic carbocycles. The Morgan fingerprint density at radius 3 is 1.93 bits per heavy atom. The van der Waals surface area contributed by atoms with E-state index in [9.17, 15) is 0 Å². The molecule has 4 aromatic rings. The van der Waals surface area contributed by atoms with Gasteiger partial charge in [0.2, 0.25) is 0 Å². The van der Waals surface area contributed by atoms with Crippen molar-refractivity contribution in [2.24, 2.45) is 0 Å². The van der Waals surface area contributed by atoms with Gasteiger partial charge in [0.15, 0.2) is 0 Å². The van der Waals surface area contributed by atoms with Crippen LogP contribution in [0, 0.1) is 0 Å². The summed E-state index contributed by atoms with van der Waals surface area (Å²) in [7, 11) is -2.05. The van der Waals surface area contributed by atoms with E-state index in [1.165, 1.54) is 5.56 Å². The average Bonchev–Trinajstić information content (AvgIpc) is 2.99. The number of fused-ring (bicyclic) bond motifs is 1. The Labute approximate surface area is 261 Å². The highest BCUT2D eigenvalue weighted by Crippen LogP contribution is 2.56. The van der Waals surface area contributed by atoms with Crippen LogP contribution < -0.4 is 13.9 Å². The molecule has 1 heterocycles. The van der Waals surface area contributed by atoms with Gasteiger partial charge >= 0.3 is 0 Å². The molecule has 0 saturated carbocycles. The Morgan fingerprint density at radius 2 is 1.33 bits per heavy atom. The van der Waals surface area contributed by atoms with Crippen molar-refractivity contribution in [2.45, 2.75) is 81.0 Å². The predicted molar refractivity (Wildman–Crippen MR) is 179 cm³/mol. The summed E-state index contributed by atoms with van der Waals surface area (Å²) < 4.78 is 19.9. The van der Waals surface area contributed by atoms with E-state index < -0.39 is 8.32 Å². The van der Waals surface area contributed by atoms with Crippen molar-refractivity contribution in [3.05, 3.63) is 119 Å². The monoisotopic (exact) mass is 616 g/mol. The molecule has 42 heavy (non-hydrogen) atoms. The molecule has 1 aliphatic heterocycles. The summed E-state index contributed by atoms with van der Waals surface area (Å²) in [6.45, 7) is 14.4. The van der Waals surface area contributed by atoms with Crippen molar-refractivity contribution < 1.29 is 13.9 Å². The highest BCUT2D eigenvalue weighted by atomic mass is 35.5. The van der Waals surface area contributed by atoms with Crippen molar-refractivity contribution in [1.82, 2.24) is 0 Å². The first-order valence-corrected chi connectivity index (χ1v) is 18.3. The van der Waals surface area contributed by atoms with Crippen LogP contribution in [-0.2, 0) is 6.61 Å². The molecule has 5 rings (SSSR count). The van der Waals surface area contributed by atoms with E-state index in [-0.39, 0.29) is 11.4 Å². The Hall–Kier alpha value is -2.86. The second-order valence-corrected chi connectivity index (χ2v) is 18.9. The minimum Gasteiger partial charge on any atom is -0.543 e. The van der Waals surface area contributed by atoms with Crippen molar-refractivity contribution in [1.29, 1.82) is 0 Å². The summed E-state index contributed by atoms with van der Waals surface area (Å²) >= 11 is 8.59. The first-order valence-electron chi connectivity index (χ1n) is 14.9. The highest BCUT2D eigenvalue weighted by molar-refractivity contribution is 7.99. The third-order valence-corrected chi connectivity index (χ3v) is 16.2. The molecule has 0 N–H and O–H groups in total. The van der Waals surface area contributed by atoms with Gasteiger partial charge in [0, 0.05) is 12.1 Å². The Bertz CT molecular complexity index is 1440. The highest BCUT2D eigenvalue weighted by Gasteiger charge is 2.47. The zero-order valence-electron chi connectivity index (χ0n) is 25.3. The van der Waals surface area contributed by atoms with Gasteiger partial charge in [-0.05, 0) is 45.4 Å². The fourth-order valence-electron chi connectivity index (χ4n) is 6.37. The summed E-state index contributed by atoms with van der Waals surface area (Å²) in [5, 5.41) is 0.676. The van der Waals surface area contributed by atoms with Crippen LogP contribution in [0.1, 0.15) is 69.6 Å². The van der Waals surface area contributed by atoms with Gasteiger partial charge in [-0.1, -0.05) is 126 Å². The maximum atomic E-state index is 6.95. The molecule has 0 bridgehead atoms. The van der Waals surface area contributed by atoms with Gasteiger partial charge in [0.1, 0.15) is 30.0 Å². The molecular weight excluding hydrogens is 576 g/mol. The molecule has 0 unspecified atom stereocenters. The summed E-state index contributed by atoms with van der Waals surface area (Å²) in [5.41, 5.74) is 4.94. The van der Waals surface area contributed by atoms with Crippen molar-refractivity contribution >= 4 is 31.7 Å². The number of hydrogen-bond donors (Lipinski definition) is 0. The van der Waals surface area contributed by atoms with Gasteiger partial charge in [-0.25, -0.2) is 0 Å². The van der Waals surface area contributed by atoms with Crippen molar-refractivity contribution in [3.63, 3.8) is 0 Å². The standard InChI is InChI=1S/C36H41ClO3SSi/c1-24(2)42(25(3)4,26(5)6)40-30-19-17-28(18-20-30)34-35(29-15-11-8-12-16-29)41-36-32(37)21-31(22-33(36)39-34)38-23-27-13-9-7-10-14-27/h7-22,24-26,34-35H,23H2,1-6H3/t34-,35+/m1/s1. The van der Waals surface area contributed by atoms with Crippen molar-refractivity contribution in [3.8, 4) is 17.2 Å². The van der Waals surface area contributed by atoms with Crippen LogP contribution in [-0.4, -0.2) is 8.32 Å². The minimum absolute atomic E-state index is 0.0366. The normalized spacial score (nSPS) is 16.8. The van der Waals surface area contributed by atoms with Crippen LogP contribution in [0.3, 0.4) is 0 Å². The van der Waals surface area contributed by atoms with E-state index in [2.05, 4.69) is 102 Å². The molecule has 0 spiro atoms. The predicted octanol–water partition coefficient (Wildman–Crippen LogP) is 11.4. The molecule has 0 fully saturated rings. The number of hydrogen-bond acceptors (Lipinski definition) is 4. The Kier molecular flexibility index (Phi) is 9.61. The van der Waals surface area contributed by atoms with E-state index in [0.29, 0.717) is 34.0 Å². The fraction of sp³-hybridized carbons (Fsp3) is 0.333. The number of ether oxygens (including phenoxy) is 2. The molecule has 1 aliphatic rings. The second kappa shape index (κ2) is 13.2. The number of halogens is 1. The first-order chi connectivity index (χ1) is 20.2. The fourth-order valence-corrected chi connectivity index (χ4v) is 13.2. The lowest BCUT2D eigenvalue weighted by atomic mass is 10.00. The summed E-state index contributed by atoms with van der Waals surface area (Å²) in [5.74, 6) is 2.39. The summed E-state index contributed by atoms with van der Waals surface area (Å²) in [6, 6.07) is 33.1. The molecule has 0 radical (unpaired) electrons. The van der Waals surface area contributed by atoms with Crippen LogP contribution >= 0.6 is 23.4 Å². The molecule has 3 nitrogen and oxygen atoms in total. The Balaban J connectivity index is 1.45. The van der Waals surface area contributed by atoms with Gasteiger partial charge < -0.3 is 13.9 Å². The molecule has 0 saturated heterocycles. The largest absolute Gasteiger partial charge is 0.543 e. The molecular formula is C36H41ClO3SSi. The average molecular weight is 617 g/mol. The zero-order valence-corrected chi connectivity index (χ0v) is 27.9. The second-order valence-electron chi connectivity index (χ2n) is 12.0. The zero-order chi connectivity index (χ0) is 29.9. The topological polar surface area (TPSA) is 27.7 Å². The maximum absolute atomic E-state index is 6.95. The molecule has 0 aromatic heterocycles. The van der Waals surface area contributed by atoms with Crippen LogP contribution in [0.4, 0.5) is 0 Å². The SMILES string of the molecule is CC(C)[Si](Oc1ccc([C@H]2Oc3cc(OCc4ccccc4)cc(Cl)c3S[C@H]2c2ccccc2)cc1)(C(C)C)C(C)C. The first kappa shape index (κ1) is 30.6. The number of benzene rings is 4. The van der Waals surface area contributed by atoms with Crippen LogP contribution in [0.5, 0.6) is 17.2 Å². The smallest absolute Gasteiger partial charge is 0.258 e. The molecule has 0 aliphatic carbocycles. The van der Waals surface area contributed by atoms with Gasteiger partial charge in [0.05, 0.1) is 15.2 Å². The van der Waals surface area contributed by atoms with E-state index in [1.54, 1.807) is 11.8 Å². The Morgan fingerprint density at radius 1 is 0.738 bits per heavy atom. The quantitative estimate of drug-likeness (QED) is 0.166. The minimum atomic E-state index is -2.05. The van der Waals surface area contributed by atoms with Gasteiger partial charge in [0.25, 0.3) is 8.32 Å². The molecule has 6 heteroatoms. The number of rotatable bonds is 10. The van der Waals surface area contributed by atoms with Gasteiger partial charge in [-0.3, -0.25) is 0 Å². The lowest BCUT2D eigenvalue weighted by molar-refractivity contribution is 0.189. The molecule has 220 valence electrons. The summed E-state index contributed by atoms with van der Waals surface area (Å²) in [4.78, 5) is 0.940. The van der Waals surface area contributed by atoms with E-state index in [1.807, 2.05) is 36.4 Å². The van der Waals surface area contributed by atoms with Crippen LogP contribution in [0.25, 0.3) is 0 Å². The maximum Gasteiger partial charge on any atom is 0.258 e. The third-order valence-electron chi connectivity index (χ3n) is 8.34.